The zero-order valence-corrected chi connectivity index (χ0v) is 19.8. The first-order chi connectivity index (χ1) is 14.6. The van der Waals surface area contributed by atoms with Gasteiger partial charge in [-0.05, 0) is 68.1 Å². The number of nitrogens with one attached hydrogen (secondary N) is 1. The molecule has 1 fully saturated rings. The molecule has 0 saturated carbocycles. The maximum atomic E-state index is 13.2. The highest BCUT2D eigenvalue weighted by Crippen LogP contribution is 2.33. The molecule has 0 aromatic heterocycles. The number of piperidine rings is 1. The topological polar surface area (TPSA) is 102 Å². The van der Waals surface area contributed by atoms with Crippen LogP contribution in [0.15, 0.2) is 40.1 Å². The van der Waals surface area contributed by atoms with Crippen molar-refractivity contribution < 1.29 is 26.3 Å². The van der Waals surface area contributed by atoms with Gasteiger partial charge in [-0.2, -0.15) is 4.31 Å². The van der Waals surface area contributed by atoms with Crippen LogP contribution in [0.2, 0.25) is 0 Å². The molecule has 3 rings (SSSR count). The molecule has 0 aliphatic carbocycles. The Morgan fingerprint density at radius 2 is 1.48 bits per heavy atom. The van der Waals surface area contributed by atoms with Gasteiger partial charge in [0.05, 0.1) is 24.8 Å². The number of hydrogen-bond acceptors (Lipinski definition) is 6. The molecular formula is C21H28N2O6S2. The average Bonchev–Trinajstić information content (AvgIpc) is 2.73. The van der Waals surface area contributed by atoms with Crippen molar-refractivity contribution in [2.45, 2.75) is 42.9 Å². The van der Waals surface area contributed by atoms with E-state index in [1.54, 1.807) is 26.0 Å². The van der Waals surface area contributed by atoms with E-state index < -0.39 is 20.0 Å². The van der Waals surface area contributed by atoms with Gasteiger partial charge in [0, 0.05) is 13.1 Å². The van der Waals surface area contributed by atoms with E-state index in [-0.39, 0.29) is 21.2 Å². The molecule has 0 radical (unpaired) electrons. The van der Waals surface area contributed by atoms with Crippen molar-refractivity contribution in [3.8, 4) is 11.5 Å². The maximum absolute atomic E-state index is 13.2. The molecule has 8 nitrogen and oxygen atoms in total. The largest absolute Gasteiger partial charge is 0.497 e. The third-order valence-corrected chi connectivity index (χ3v) is 8.89. The van der Waals surface area contributed by atoms with E-state index in [0.717, 1.165) is 19.3 Å². The van der Waals surface area contributed by atoms with E-state index in [1.165, 1.54) is 36.7 Å². The zero-order valence-electron chi connectivity index (χ0n) is 18.1. The van der Waals surface area contributed by atoms with Crippen LogP contribution in [0.5, 0.6) is 11.5 Å². The Balaban J connectivity index is 2.00. The quantitative estimate of drug-likeness (QED) is 0.669. The molecule has 10 heteroatoms. The van der Waals surface area contributed by atoms with E-state index in [4.69, 9.17) is 9.47 Å². The summed E-state index contributed by atoms with van der Waals surface area (Å²) in [5, 5.41) is 0. The standard InChI is InChI=1S/C21H28N2O6S2/c1-15-12-18(28-3)13-16(2)21(15)30(24,25)22-17-8-9-19(29-4)20(14-17)31(26,27)23-10-6-5-7-11-23/h8-9,12-14,22H,5-7,10-11H2,1-4H3. The summed E-state index contributed by atoms with van der Waals surface area (Å²) in [4.78, 5) is 0.0739. The van der Waals surface area contributed by atoms with Crippen molar-refractivity contribution >= 4 is 25.7 Å². The van der Waals surface area contributed by atoms with Crippen molar-refractivity contribution in [1.29, 1.82) is 0 Å². The lowest BCUT2D eigenvalue weighted by atomic mass is 10.1. The minimum absolute atomic E-state index is 0.0553. The van der Waals surface area contributed by atoms with Crippen LogP contribution in [-0.2, 0) is 20.0 Å². The van der Waals surface area contributed by atoms with Gasteiger partial charge in [0.15, 0.2) is 0 Å². The first kappa shape index (κ1) is 23.4. The molecule has 2 aromatic carbocycles. The number of nitrogens with zero attached hydrogens (tertiary/aromatic N) is 1. The predicted octanol–water partition coefficient (Wildman–Crippen LogP) is 3.30. The normalized spacial score (nSPS) is 15.5. The Bertz CT molecular complexity index is 1150. The average molecular weight is 469 g/mol. The van der Waals surface area contributed by atoms with E-state index in [1.807, 2.05) is 0 Å². The third-order valence-electron chi connectivity index (χ3n) is 5.29. The van der Waals surface area contributed by atoms with Gasteiger partial charge in [0.2, 0.25) is 10.0 Å². The summed E-state index contributed by atoms with van der Waals surface area (Å²) in [5.41, 5.74) is 1.20. The number of ether oxygens (including phenoxy) is 2. The lowest BCUT2D eigenvalue weighted by Crippen LogP contribution is -2.35. The Labute approximate surface area is 184 Å². The van der Waals surface area contributed by atoms with Crippen LogP contribution >= 0.6 is 0 Å². The predicted molar refractivity (Wildman–Crippen MR) is 119 cm³/mol. The van der Waals surface area contributed by atoms with Gasteiger partial charge in [0.25, 0.3) is 10.0 Å². The lowest BCUT2D eigenvalue weighted by Gasteiger charge is -2.26. The second-order valence-electron chi connectivity index (χ2n) is 7.53. The summed E-state index contributed by atoms with van der Waals surface area (Å²) in [6.45, 7) is 4.24. The molecular weight excluding hydrogens is 440 g/mol. The molecule has 1 aliphatic rings. The Hall–Kier alpha value is -2.30. The van der Waals surface area contributed by atoms with Crippen molar-refractivity contribution in [1.82, 2.24) is 4.31 Å². The van der Waals surface area contributed by atoms with Gasteiger partial charge in [0.1, 0.15) is 16.4 Å². The third kappa shape index (κ3) is 4.81. The number of hydrogen-bond donors (Lipinski definition) is 1. The highest BCUT2D eigenvalue weighted by Gasteiger charge is 2.30. The summed E-state index contributed by atoms with van der Waals surface area (Å²) in [5.74, 6) is 0.735. The van der Waals surface area contributed by atoms with Gasteiger partial charge < -0.3 is 9.47 Å². The minimum atomic E-state index is -3.96. The van der Waals surface area contributed by atoms with Crippen LogP contribution in [0.25, 0.3) is 0 Å². The van der Waals surface area contributed by atoms with Crippen LogP contribution in [-0.4, -0.2) is 48.4 Å². The van der Waals surface area contributed by atoms with E-state index >= 15 is 0 Å². The highest BCUT2D eigenvalue weighted by atomic mass is 32.2. The molecule has 0 amide bonds. The molecule has 0 atom stereocenters. The number of methoxy groups -OCH3 is 2. The van der Waals surface area contributed by atoms with Crippen molar-refractivity contribution in [3.05, 3.63) is 41.5 Å². The molecule has 1 N–H and O–H groups in total. The van der Waals surface area contributed by atoms with Gasteiger partial charge in [-0.15, -0.1) is 0 Å². The Morgan fingerprint density at radius 3 is 2.03 bits per heavy atom. The first-order valence-electron chi connectivity index (χ1n) is 9.96. The van der Waals surface area contributed by atoms with Crippen molar-refractivity contribution in [3.63, 3.8) is 0 Å². The number of benzene rings is 2. The molecule has 2 aromatic rings. The SMILES string of the molecule is COc1cc(C)c(S(=O)(=O)Nc2ccc(OC)c(S(=O)(=O)N3CCCCC3)c2)c(C)c1. The molecule has 170 valence electrons. The number of sulfonamides is 2. The van der Waals surface area contributed by atoms with Gasteiger partial charge in [-0.3, -0.25) is 4.72 Å². The molecule has 0 bridgehead atoms. The lowest BCUT2D eigenvalue weighted by molar-refractivity contribution is 0.343. The van der Waals surface area contributed by atoms with Gasteiger partial charge in [-0.25, -0.2) is 16.8 Å². The maximum Gasteiger partial charge on any atom is 0.262 e. The number of anilines is 1. The van der Waals surface area contributed by atoms with Crippen LogP contribution in [0.1, 0.15) is 30.4 Å². The zero-order chi connectivity index (χ0) is 22.8. The van der Waals surface area contributed by atoms with Crippen LogP contribution < -0.4 is 14.2 Å². The monoisotopic (exact) mass is 468 g/mol. The summed E-state index contributed by atoms with van der Waals surface area (Å²) in [6, 6.07) is 7.54. The summed E-state index contributed by atoms with van der Waals surface area (Å²) in [7, 11) is -4.87. The fraction of sp³-hybridized carbons (Fsp3) is 0.429. The van der Waals surface area contributed by atoms with Crippen molar-refractivity contribution in [2.24, 2.45) is 0 Å². The Morgan fingerprint density at radius 1 is 0.871 bits per heavy atom. The van der Waals surface area contributed by atoms with Gasteiger partial charge in [-0.1, -0.05) is 6.42 Å². The van der Waals surface area contributed by atoms with E-state index in [9.17, 15) is 16.8 Å². The second-order valence-corrected chi connectivity index (χ2v) is 11.1. The summed E-state index contributed by atoms with van der Waals surface area (Å²) >= 11 is 0. The molecule has 1 saturated heterocycles. The smallest absolute Gasteiger partial charge is 0.262 e. The fourth-order valence-electron chi connectivity index (χ4n) is 3.84. The molecule has 0 spiro atoms. The fourth-order valence-corrected chi connectivity index (χ4v) is 7.05. The summed E-state index contributed by atoms with van der Waals surface area (Å²) in [6.07, 6.45) is 2.58. The van der Waals surface area contributed by atoms with Crippen molar-refractivity contribution in [2.75, 3.05) is 32.0 Å². The molecule has 31 heavy (non-hydrogen) atoms. The molecule has 1 aliphatic heterocycles. The van der Waals surface area contributed by atoms with Crippen LogP contribution in [0, 0.1) is 13.8 Å². The van der Waals surface area contributed by atoms with E-state index in [2.05, 4.69) is 4.72 Å². The number of rotatable bonds is 7. The first-order valence-corrected chi connectivity index (χ1v) is 12.9. The van der Waals surface area contributed by atoms with Crippen LogP contribution in [0.3, 0.4) is 0 Å². The molecule has 0 unspecified atom stereocenters. The van der Waals surface area contributed by atoms with Crippen LogP contribution in [0.4, 0.5) is 5.69 Å². The van der Waals surface area contributed by atoms with Gasteiger partial charge >= 0.3 is 0 Å². The summed E-state index contributed by atoms with van der Waals surface area (Å²) < 4.78 is 67.0. The number of aryl methyl sites for hydroxylation is 2. The second kappa shape index (κ2) is 9.05. The minimum Gasteiger partial charge on any atom is -0.497 e. The molecule has 1 heterocycles. The highest BCUT2D eigenvalue weighted by molar-refractivity contribution is 7.92. The van der Waals surface area contributed by atoms with E-state index in [0.29, 0.717) is 30.0 Å². The Kier molecular flexibility index (Phi) is 6.82.